The van der Waals surface area contributed by atoms with Crippen LogP contribution in [0.1, 0.15) is 234 Å². The molecule has 142 heavy (non-hydrogen) atoms. The van der Waals surface area contributed by atoms with Crippen molar-refractivity contribution >= 4 is 109 Å². The predicted molar refractivity (Wildman–Crippen MR) is 517 cm³/mol. The van der Waals surface area contributed by atoms with Crippen molar-refractivity contribution < 1.29 is 97.9 Å². The van der Waals surface area contributed by atoms with E-state index in [4.69, 9.17) is 40.4 Å². The zero-order valence-corrected chi connectivity index (χ0v) is 80.6. The van der Waals surface area contributed by atoms with Crippen LogP contribution >= 0.6 is 11.3 Å². The summed E-state index contributed by atoms with van der Waals surface area (Å²) in [4.78, 5) is 181. The third-order valence-electron chi connectivity index (χ3n) is 24.3. The average molecular weight is 1960 g/mol. The monoisotopic (exact) mass is 1950 g/mol. The Balaban J connectivity index is 0.000000144. The first-order chi connectivity index (χ1) is 68.1. The van der Waals surface area contributed by atoms with Crippen molar-refractivity contribution in [2.24, 2.45) is 10.8 Å². The van der Waals surface area contributed by atoms with Crippen LogP contribution in [0.25, 0.3) is 21.1 Å². The Bertz CT molecular complexity index is 6670. The molecule has 13 amide bonds. The number of hydrogen-bond donors (Lipinski definition) is 13. The maximum atomic E-state index is 12.8. The number of urea groups is 1. The van der Waals surface area contributed by atoms with Gasteiger partial charge in [-0.1, -0.05) is 134 Å². The first-order valence-corrected chi connectivity index (χ1v) is 46.7. The fourth-order valence-electron chi connectivity index (χ4n) is 16.7. The number of carbonyl (C=O) groups is 12. The van der Waals surface area contributed by atoms with E-state index in [-0.39, 0.29) is 69.3 Å². The molecule has 4 aromatic carbocycles. The summed E-state index contributed by atoms with van der Waals surface area (Å²) >= 11 is 1.50. The lowest BCUT2D eigenvalue weighted by atomic mass is 9.91. The number of rotatable bonds is 14. The number of ether oxygens (including phenoxy) is 1. The van der Waals surface area contributed by atoms with Gasteiger partial charge in [-0.3, -0.25) is 94.0 Å². The third kappa shape index (κ3) is 25.7. The zero-order valence-electron chi connectivity index (χ0n) is 79.8. The van der Waals surface area contributed by atoms with Crippen molar-refractivity contribution in [3.05, 3.63) is 305 Å². The van der Waals surface area contributed by atoms with E-state index in [9.17, 15) is 57.5 Å². The largest absolute Gasteiger partial charge is 0.497 e. The number of aryl methyl sites for hydroxylation is 2. The lowest BCUT2D eigenvalue weighted by Crippen LogP contribution is -2.42. The SMILES string of the molecule is CC(C)(C)C(=O)N1CCc2nc(C(=O)NO)ccc2C1.CC(C)(C)CC(=O)N1CCc2nc(C(=O)NO)ccc2C1.CCc1cccc(CC)c1NC(=O)N1CCc2nc(C(=O)NO)ccc2C1.COc1ccc(C(=O)N2CCc3cc(C(=O)NO)cnc3C2)cc1.O=C(NO)c1ccc2c(n1)CCN(C(=O)c1cc3ccccc3s1)C2.O=C(NO)c1cnc2c(c1)CN(C(=O)c1cc3ccccc3o1)CC2. The van der Waals surface area contributed by atoms with Crippen molar-refractivity contribution in [1.29, 1.82) is 0 Å². The summed E-state index contributed by atoms with van der Waals surface area (Å²) in [5, 5.41) is 57.1. The molecule has 0 atom stereocenters. The van der Waals surface area contributed by atoms with Crippen LogP contribution in [0.15, 0.2) is 181 Å². The number of benzene rings is 4. The Labute approximate surface area is 820 Å². The fourth-order valence-corrected chi connectivity index (χ4v) is 17.8. The van der Waals surface area contributed by atoms with Gasteiger partial charge in [0.25, 0.3) is 53.2 Å². The first-order valence-electron chi connectivity index (χ1n) is 45.9. The van der Waals surface area contributed by atoms with Crippen LogP contribution in [-0.4, -0.2) is 208 Å². The van der Waals surface area contributed by atoms with Gasteiger partial charge in [0.15, 0.2) is 5.76 Å². The Kier molecular flexibility index (Phi) is 34.2. The summed E-state index contributed by atoms with van der Waals surface area (Å²) in [6.45, 7) is 22.0. The van der Waals surface area contributed by atoms with Crippen LogP contribution in [0.4, 0.5) is 10.5 Å². The van der Waals surface area contributed by atoms with Crippen LogP contribution in [0, 0.1) is 10.8 Å². The molecule has 13 N–H and O–H groups in total. The molecule has 0 bridgehead atoms. The number of thiophene rings is 1. The van der Waals surface area contributed by atoms with Gasteiger partial charge in [0.2, 0.25) is 11.8 Å². The highest BCUT2D eigenvalue weighted by Gasteiger charge is 2.34. The number of amides is 13. The van der Waals surface area contributed by atoms with Gasteiger partial charge >= 0.3 is 6.03 Å². The Morgan fingerprint density at radius 2 is 0.817 bits per heavy atom. The molecule has 0 fully saturated rings. The minimum atomic E-state index is -0.638. The fraction of sp³-hybridized carbons (Fsp3) is 0.314. The van der Waals surface area contributed by atoms with Gasteiger partial charge in [0, 0.05) is 178 Å². The lowest BCUT2D eigenvalue weighted by molar-refractivity contribution is -0.140. The number of hydrogen-bond acceptors (Lipinski definition) is 27. The van der Waals surface area contributed by atoms with Crippen molar-refractivity contribution in [2.75, 3.05) is 51.7 Å². The second kappa shape index (κ2) is 46.8. The normalized spacial score (nSPS) is 13.7. The first kappa shape index (κ1) is 104. The summed E-state index contributed by atoms with van der Waals surface area (Å²) in [5.74, 6) is -2.74. The summed E-state index contributed by atoms with van der Waals surface area (Å²) in [6.07, 6.45) is 8.62. The number of furan rings is 1. The van der Waals surface area contributed by atoms with Crippen molar-refractivity contribution in [3.63, 3.8) is 0 Å². The van der Waals surface area contributed by atoms with Crippen molar-refractivity contribution in [1.82, 2.24) is 92.2 Å². The molecule has 18 rings (SSSR count). The molecule has 12 aromatic rings. The van der Waals surface area contributed by atoms with E-state index in [2.05, 4.69) is 49.1 Å². The van der Waals surface area contributed by atoms with Gasteiger partial charge < -0.3 is 43.9 Å². The second-order valence-corrected chi connectivity index (χ2v) is 37.3. The van der Waals surface area contributed by atoms with E-state index < -0.39 is 40.9 Å². The molecule has 0 aliphatic carbocycles. The van der Waals surface area contributed by atoms with Gasteiger partial charge in [0.1, 0.15) is 34.1 Å². The second-order valence-electron chi connectivity index (χ2n) is 36.3. The number of nitrogens with zero attached hydrogens (tertiary/aromatic N) is 12. The highest BCUT2D eigenvalue weighted by molar-refractivity contribution is 7.20. The van der Waals surface area contributed by atoms with E-state index in [1.165, 1.54) is 23.7 Å². The Morgan fingerprint density at radius 3 is 1.30 bits per heavy atom. The van der Waals surface area contributed by atoms with Gasteiger partial charge in [-0.2, -0.15) is 0 Å². The molecule has 6 aliphatic rings. The van der Waals surface area contributed by atoms with Crippen LogP contribution < -0.4 is 42.9 Å². The van der Waals surface area contributed by atoms with Crippen LogP contribution in [0.3, 0.4) is 0 Å². The summed E-state index contributed by atoms with van der Waals surface area (Å²) in [6, 6.07) is 48.7. The van der Waals surface area contributed by atoms with Gasteiger partial charge in [-0.15, -0.1) is 11.3 Å². The Hall–Kier alpha value is -15.7. The molecular weight excluding hydrogens is 1840 g/mol. The number of nitrogens with one attached hydrogen (secondary N) is 7. The van der Waals surface area contributed by atoms with Crippen molar-refractivity contribution in [3.8, 4) is 5.75 Å². The molecule has 14 heterocycles. The number of para-hydroxylation sites is 2. The molecular formula is C102H111N19O20S. The number of anilines is 1. The Morgan fingerprint density at radius 1 is 0.394 bits per heavy atom. The number of hydroxylamine groups is 6. The topological polar surface area (TPSA) is 530 Å². The lowest BCUT2D eigenvalue weighted by Gasteiger charge is -2.33. The molecule has 39 nitrogen and oxygen atoms in total. The molecule has 40 heteroatoms. The van der Waals surface area contributed by atoms with E-state index in [1.54, 1.807) is 151 Å². The predicted octanol–water partition coefficient (Wildman–Crippen LogP) is 11.7. The smallest absolute Gasteiger partial charge is 0.322 e. The minimum absolute atomic E-state index is 0.0176. The van der Waals surface area contributed by atoms with E-state index in [1.807, 2.05) is 124 Å². The third-order valence-corrected chi connectivity index (χ3v) is 25.4. The van der Waals surface area contributed by atoms with Crippen LogP contribution in [0.5, 0.6) is 5.75 Å². The molecule has 6 aliphatic heterocycles. The van der Waals surface area contributed by atoms with Gasteiger partial charge in [0.05, 0.1) is 35.4 Å². The summed E-state index contributed by atoms with van der Waals surface area (Å²) in [7, 11) is 1.58. The number of fused-ring (bicyclic) bond motifs is 8. The maximum Gasteiger partial charge on any atom is 0.322 e. The molecule has 8 aromatic heterocycles. The van der Waals surface area contributed by atoms with E-state index >= 15 is 0 Å². The molecule has 0 saturated carbocycles. The number of methoxy groups -OCH3 is 1. The maximum absolute atomic E-state index is 12.8. The van der Waals surface area contributed by atoms with Crippen LogP contribution in [-0.2, 0) is 100 Å². The highest BCUT2D eigenvalue weighted by atomic mass is 32.1. The zero-order chi connectivity index (χ0) is 102. The molecule has 0 spiro atoms. The van der Waals surface area contributed by atoms with E-state index in [0.29, 0.717) is 152 Å². The molecule has 0 radical (unpaired) electrons. The summed E-state index contributed by atoms with van der Waals surface area (Å²) in [5.41, 5.74) is 25.0. The number of aromatic nitrogens is 6. The minimum Gasteiger partial charge on any atom is -0.497 e. The summed E-state index contributed by atoms with van der Waals surface area (Å²) < 4.78 is 11.8. The van der Waals surface area contributed by atoms with Crippen molar-refractivity contribution in [2.45, 2.75) is 152 Å². The van der Waals surface area contributed by atoms with Crippen LogP contribution in [0.2, 0.25) is 0 Å². The molecule has 740 valence electrons. The number of carbonyl (C=O) groups excluding carboxylic acids is 12. The van der Waals surface area contributed by atoms with Gasteiger partial charge in [-0.25, -0.2) is 57.6 Å². The average Bonchev–Trinajstić information content (AvgIpc) is 1.66. The highest BCUT2D eigenvalue weighted by Crippen LogP contribution is 2.34. The number of pyridine rings is 6. The quantitative estimate of drug-likeness (QED) is 0.0355. The molecule has 0 saturated heterocycles. The van der Waals surface area contributed by atoms with E-state index in [0.717, 1.165) is 118 Å². The van der Waals surface area contributed by atoms with Gasteiger partial charge in [-0.05, 0) is 160 Å². The molecule has 0 unspecified atom stereocenters. The standard InChI is InChI=1S/C20H24N4O3.C18H15N3O4.C18H15N3O3S.C17H17N3O4.C15H21N3O3.C14H19N3O3/c1-3-13-6-5-7-14(4-2)18(13)22-20(26)24-11-10-16-15(12-24)8-9-17(21-16)19(25)23-27;22-17(20-24)12-7-13-10-21(6-5-14(13)19-9-12)18(23)16-8-11-3-1-2-4-15(11)25-16;22-17(20-24)14-6-5-12-10-21(8-7-13(12)19-14)18(23)16-9-11-3-1-2-4-15(11)25-16;1-24-14-4-2-11(3-5-14)17(22)20-7-6-12-8-13(16(21)19-23)9-18-15(12)10-20;1-15(2,3)8-13(19)18-7-6-11-10(9-18)4-5-12(16-11)14(20)17-21;1-14(2,3)13(19)17-7-6-10-9(8-17)4-5-11(15-10)12(18)16-20/h5-9,27H,3-4,10-12H2,1-2H3,(H,22,26)(H,23,25);1-4,7-9,24H,5-6,10H2,(H,20,22);1-6,9,24H,7-8,10H2,(H,20,22);2-5,8-9,23H,6-7,10H2,1H3,(H,19,21);4-5,21H,6-9H2,1-3H3,(H,17,20);4-5,20H,6-8H2,1-3H3,(H,16,18).